The van der Waals surface area contributed by atoms with Crippen molar-refractivity contribution in [2.45, 2.75) is 88.0 Å². The van der Waals surface area contributed by atoms with E-state index in [4.69, 9.17) is 37.9 Å². The summed E-state index contributed by atoms with van der Waals surface area (Å²) < 4.78 is 52.8. The van der Waals surface area contributed by atoms with E-state index in [1.807, 2.05) is 158 Å². The summed E-state index contributed by atoms with van der Waals surface area (Å²) in [5.41, 5.74) is 8.07. The van der Waals surface area contributed by atoms with Crippen LogP contribution in [-0.2, 0) is 69.1 Å². The van der Waals surface area contributed by atoms with Crippen LogP contribution < -0.4 is 5.32 Å². The summed E-state index contributed by atoms with van der Waals surface area (Å²) in [6, 6.07) is 54.2. The van der Waals surface area contributed by atoms with Gasteiger partial charge in [-0.15, -0.1) is 6.58 Å². The molecular weight excluding hydrogens is 859 g/mol. The van der Waals surface area contributed by atoms with Crippen LogP contribution in [0.5, 0.6) is 0 Å². The number of fused-ring (bicyclic) bond motifs is 3. The highest BCUT2D eigenvalue weighted by atomic mass is 16.7. The van der Waals surface area contributed by atoms with E-state index in [1.165, 1.54) is 7.11 Å². The van der Waals surface area contributed by atoms with Crippen LogP contribution in [-0.4, -0.2) is 74.7 Å². The van der Waals surface area contributed by atoms with Crippen molar-refractivity contribution in [1.82, 2.24) is 5.32 Å². The molecule has 1 N–H and O–H groups in total. The van der Waals surface area contributed by atoms with Gasteiger partial charge in [-0.05, 0) is 51.4 Å². The average Bonchev–Trinajstić information content (AvgIpc) is 3.70. The van der Waals surface area contributed by atoms with Crippen molar-refractivity contribution in [3.8, 4) is 11.1 Å². The molecule has 0 aromatic heterocycles. The largest absolute Gasteiger partial charge is 0.467 e. The zero-order valence-corrected chi connectivity index (χ0v) is 38.5. The van der Waals surface area contributed by atoms with Crippen LogP contribution in [0.3, 0.4) is 0 Å². The predicted molar refractivity (Wildman–Crippen MR) is 258 cm³/mol. The summed E-state index contributed by atoms with van der Waals surface area (Å²) >= 11 is 0. The number of carbonyl (C=O) groups is 2. The Kier molecular flexibility index (Phi) is 16.6. The molecule has 1 amide bonds. The number of ether oxygens (including phenoxy) is 8. The van der Waals surface area contributed by atoms with E-state index in [0.717, 1.165) is 44.5 Å². The van der Waals surface area contributed by atoms with E-state index < -0.39 is 54.4 Å². The lowest BCUT2D eigenvalue weighted by molar-refractivity contribution is -0.390. The van der Waals surface area contributed by atoms with Crippen molar-refractivity contribution in [3.05, 3.63) is 216 Å². The molecule has 0 bridgehead atoms. The number of carbonyl (C=O) groups excluding carboxylic acids is 2. The van der Waals surface area contributed by atoms with Gasteiger partial charge in [0, 0.05) is 12.3 Å². The first kappa shape index (κ1) is 48.0. The van der Waals surface area contributed by atoms with Gasteiger partial charge < -0.3 is 43.2 Å². The fourth-order valence-electron chi connectivity index (χ4n) is 9.07. The zero-order chi connectivity index (χ0) is 47.1. The molecule has 0 unspecified atom stereocenters. The number of esters is 1. The van der Waals surface area contributed by atoms with Gasteiger partial charge in [-0.2, -0.15) is 0 Å². The maximum Gasteiger partial charge on any atom is 0.407 e. The molecule has 7 atom stereocenters. The maximum absolute atomic E-state index is 13.8. The summed E-state index contributed by atoms with van der Waals surface area (Å²) in [6.07, 6.45) is -3.58. The van der Waals surface area contributed by atoms with E-state index in [0.29, 0.717) is 6.61 Å². The second-order valence-electron chi connectivity index (χ2n) is 17.0. The third-order valence-electron chi connectivity index (χ3n) is 12.4. The fourth-order valence-corrected chi connectivity index (χ4v) is 9.07. The Bertz CT molecular complexity index is 2480. The molecule has 68 heavy (non-hydrogen) atoms. The molecule has 2 aliphatic rings. The maximum atomic E-state index is 13.8. The van der Waals surface area contributed by atoms with Gasteiger partial charge >= 0.3 is 12.1 Å². The third kappa shape index (κ3) is 11.8. The standard InChI is InChI=1S/C57H59NO10/c1-4-33-57(67-40(2)51(55(59)61-3)58-56(60)66-38-49-47-31-19-17-29-45(47)46-30-18-20-32-48(46)49)54(65-37-44-27-15-8-16-28-44)53(64-36-43-25-13-7-14-26-43)52(63-35-42-23-11-6-12-24-42)50(68-57)39-62-34-41-21-9-5-10-22-41/h4-32,40,49-54H,1,33-39H2,2-3H3,(H,58,60)/t40-,50-,51+,52+,53+,54-,57+/m1/s1. The average molecular weight is 918 g/mol. The van der Waals surface area contributed by atoms with Gasteiger partial charge in [-0.1, -0.05) is 176 Å². The topological polar surface area (TPSA) is 120 Å². The lowest BCUT2D eigenvalue weighted by Gasteiger charge is -2.53. The first-order chi connectivity index (χ1) is 33.4. The van der Waals surface area contributed by atoms with Crippen LogP contribution in [0.1, 0.15) is 52.6 Å². The molecule has 1 heterocycles. The van der Waals surface area contributed by atoms with Crippen LogP contribution in [0.15, 0.2) is 183 Å². The number of benzene rings is 6. The normalized spacial score (nSPS) is 20.6. The first-order valence-electron chi connectivity index (χ1n) is 23.1. The fraction of sp³-hybridized carbons (Fsp3) is 0.298. The second kappa shape index (κ2) is 23.5. The first-order valence-corrected chi connectivity index (χ1v) is 23.1. The molecule has 0 saturated carbocycles. The summed E-state index contributed by atoms with van der Waals surface area (Å²) in [5.74, 6) is -2.64. The minimum absolute atomic E-state index is 0.0391. The third-order valence-corrected chi connectivity index (χ3v) is 12.4. The number of nitrogens with one attached hydrogen (secondary N) is 1. The van der Waals surface area contributed by atoms with E-state index in [-0.39, 0.29) is 45.4 Å². The SMILES string of the molecule is C=CC[C@]1(O[C@H](C)[C@H](NC(=O)OCC2c3ccccc3-c3ccccc32)C(=O)OC)O[C@H](COCc2ccccc2)[C@H](OCc2ccccc2)[C@H](OCc2ccccc2)[C@H]1OCc1ccccc1. The predicted octanol–water partition coefficient (Wildman–Crippen LogP) is 10.1. The molecule has 1 aliphatic carbocycles. The molecule has 6 aromatic rings. The van der Waals surface area contributed by atoms with Gasteiger partial charge in [0.15, 0.2) is 6.04 Å². The van der Waals surface area contributed by atoms with E-state index >= 15 is 0 Å². The van der Waals surface area contributed by atoms with Crippen LogP contribution in [0.2, 0.25) is 0 Å². The summed E-state index contributed by atoms with van der Waals surface area (Å²) in [6.45, 7) is 6.81. The molecule has 0 spiro atoms. The van der Waals surface area contributed by atoms with Crippen LogP contribution in [0.25, 0.3) is 11.1 Å². The van der Waals surface area contributed by atoms with Gasteiger partial charge in [0.1, 0.15) is 31.0 Å². The van der Waals surface area contributed by atoms with E-state index in [1.54, 1.807) is 13.0 Å². The molecule has 11 heteroatoms. The van der Waals surface area contributed by atoms with Crippen molar-refractivity contribution < 1.29 is 47.5 Å². The lowest BCUT2D eigenvalue weighted by atomic mass is 9.89. The molecule has 1 aliphatic heterocycles. The van der Waals surface area contributed by atoms with Gasteiger partial charge in [-0.3, -0.25) is 0 Å². The van der Waals surface area contributed by atoms with E-state index in [9.17, 15) is 9.59 Å². The Balaban J connectivity index is 1.12. The Labute approximate surface area is 398 Å². The van der Waals surface area contributed by atoms with Gasteiger partial charge in [-0.25, -0.2) is 9.59 Å². The Hall–Kier alpha value is -6.44. The number of amides is 1. The van der Waals surface area contributed by atoms with Crippen LogP contribution in [0.4, 0.5) is 4.79 Å². The number of methoxy groups -OCH3 is 1. The number of alkyl carbamates (subject to hydrolysis) is 1. The van der Waals surface area contributed by atoms with Crippen molar-refractivity contribution in [2.24, 2.45) is 0 Å². The Morgan fingerprint density at radius 2 is 1.10 bits per heavy atom. The highest BCUT2D eigenvalue weighted by Crippen LogP contribution is 2.45. The quantitative estimate of drug-likeness (QED) is 0.0521. The number of hydrogen-bond acceptors (Lipinski definition) is 10. The van der Waals surface area contributed by atoms with Crippen LogP contribution >= 0.6 is 0 Å². The summed E-state index contributed by atoms with van der Waals surface area (Å²) in [4.78, 5) is 27.6. The van der Waals surface area contributed by atoms with Crippen molar-refractivity contribution in [2.75, 3.05) is 20.3 Å². The Morgan fingerprint density at radius 3 is 1.62 bits per heavy atom. The summed E-state index contributed by atoms with van der Waals surface area (Å²) in [7, 11) is 1.26. The molecule has 11 nitrogen and oxygen atoms in total. The molecule has 352 valence electrons. The Morgan fingerprint density at radius 1 is 0.632 bits per heavy atom. The van der Waals surface area contributed by atoms with E-state index in [2.05, 4.69) is 24.0 Å². The highest BCUT2D eigenvalue weighted by molar-refractivity contribution is 5.82. The van der Waals surface area contributed by atoms with Crippen molar-refractivity contribution >= 4 is 12.1 Å². The molecule has 6 aromatic carbocycles. The minimum Gasteiger partial charge on any atom is -0.467 e. The van der Waals surface area contributed by atoms with Crippen molar-refractivity contribution in [3.63, 3.8) is 0 Å². The molecule has 1 fully saturated rings. The van der Waals surface area contributed by atoms with Gasteiger partial charge in [0.2, 0.25) is 5.79 Å². The minimum atomic E-state index is -1.69. The molecule has 8 rings (SSSR count). The second-order valence-corrected chi connectivity index (χ2v) is 17.0. The lowest BCUT2D eigenvalue weighted by Crippen LogP contribution is -2.69. The van der Waals surface area contributed by atoms with Crippen molar-refractivity contribution in [1.29, 1.82) is 0 Å². The summed E-state index contributed by atoms with van der Waals surface area (Å²) in [5, 5.41) is 2.77. The zero-order valence-electron chi connectivity index (χ0n) is 38.5. The molecule has 1 saturated heterocycles. The van der Waals surface area contributed by atoms with Gasteiger partial charge in [0.25, 0.3) is 0 Å². The smallest absolute Gasteiger partial charge is 0.407 e. The highest BCUT2D eigenvalue weighted by Gasteiger charge is 2.58. The molecule has 0 radical (unpaired) electrons. The number of rotatable bonds is 22. The number of hydrogen-bond donors (Lipinski definition) is 1. The van der Waals surface area contributed by atoms with Crippen LogP contribution in [0, 0.1) is 0 Å². The molecular formula is C57H59NO10. The van der Waals surface area contributed by atoms with Gasteiger partial charge in [0.05, 0.1) is 46.2 Å². The monoisotopic (exact) mass is 917 g/mol.